The molecule has 0 unspecified atom stereocenters. The van der Waals surface area contributed by atoms with E-state index in [1.165, 1.54) is 17.8 Å². The molecule has 0 spiro atoms. The molecule has 0 aliphatic carbocycles. The Morgan fingerprint density at radius 2 is 1.83 bits per heavy atom. The van der Waals surface area contributed by atoms with E-state index in [0.29, 0.717) is 6.61 Å². The molecule has 0 bridgehead atoms. The van der Waals surface area contributed by atoms with Gasteiger partial charge in [-0.05, 0) is 31.2 Å². The van der Waals surface area contributed by atoms with E-state index in [9.17, 15) is 10.1 Å². The van der Waals surface area contributed by atoms with E-state index in [1.807, 2.05) is 51.1 Å². The Hall–Kier alpha value is -2.47. The zero-order valence-electron chi connectivity index (χ0n) is 13.9. The van der Waals surface area contributed by atoms with Gasteiger partial charge in [-0.25, -0.2) is 0 Å². The van der Waals surface area contributed by atoms with Gasteiger partial charge in [0.15, 0.2) is 0 Å². The lowest BCUT2D eigenvalue weighted by Gasteiger charge is -2.21. The molecule has 0 saturated carbocycles. The van der Waals surface area contributed by atoms with Crippen LogP contribution in [0.3, 0.4) is 0 Å². The Morgan fingerprint density at radius 1 is 1.17 bits per heavy atom. The summed E-state index contributed by atoms with van der Waals surface area (Å²) in [4.78, 5) is 12.3. The van der Waals surface area contributed by atoms with Crippen molar-refractivity contribution in [1.29, 1.82) is 0 Å². The number of allylic oxidation sites excluding steroid dienone is 1. The fourth-order valence-corrected chi connectivity index (χ4v) is 3.15. The summed E-state index contributed by atoms with van der Waals surface area (Å²) in [6, 6.07) is 10.6. The predicted molar refractivity (Wildman–Crippen MR) is 98.6 cm³/mol. The van der Waals surface area contributed by atoms with Crippen LogP contribution in [0.5, 0.6) is 5.75 Å². The van der Waals surface area contributed by atoms with Gasteiger partial charge in [0.2, 0.25) is 0 Å². The van der Waals surface area contributed by atoms with Gasteiger partial charge in [-0.2, -0.15) is 0 Å². The van der Waals surface area contributed by atoms with Gasteiger partial charge >= 0.3 is 0 Å². The van der Waals surface area contributed by atoms with Crippen molar-refractivity contribution in [2.24, 2.45) is 0 Å². The molecule has 1 aliphatic heterocycles. The number of rotatable bonds is 4. The SMILES string of the molecule is C/C=C/COc1ccc2c(c1)Sc1cc([N+](=O)[O-])ccc1N2.CC. The van der Waals surface area contributed by atoms with E-state index in [-0.39, 0.29) is 10.6 Å². The van der Waals surface area contributed by atoms with Crippen molar-refractivity contribution in [2.45, 2.75) is 30.6 Å². The highest BCUT2D eigenvalue weighted by Gasteiger charge is 2.19. The van der Waals surface area contributed by atoms with Gasteiger partial charge in [0.25, 0.3) is 5.69 Å². The number of ether oxygens (including phenoxy) is 1. The van der Waals surface area contributed by atoms with Crippen LogP contribution in [0, 0.1) is 10.1 Å². The van der Waals surface area contributed by atoms with Crippen molar-refractivity contribution in [3.63, 3.8) is 0 Å². The van der Waals surface area contributed by atoms with Crippen molar-refractivity contribution in [2.75, 3.05) is 11.9 Å². The Kier molecular flexibility index (Phi) is 6.26. The first-order valence-corrected chi connectivity index (χ1v) is 8.60. The van der Waals surface area contributed by atoms with Gasteiger partial charge in [0.1, 0.15) is 12.4 Å². The van der Waals surface area contributed by atoms with E-state index in [4.69, 9.17) is 4.74 Å². The Labute approximate surface area is 145 Å². The summed E-state index contributed by atoms with van der Waals surface area (Å²) in [5, 5.41) is 14.2. The maximum Gasteiger partial charge on any atom is 0.270 e. The van der Waals surface area contributed by atoms with Crippen molar-refractivity contribution in [3.05, 3.63) is 58.7 Å². The molecule has 0 atom stereocenters. The van der Waals surface area contributed by atoms with Crippen LogP contribution in [0.4, 0.5) is 17.1 Å². The number of nitrogens with zero attached hydrogens (tertiary/aromatic N) is 1. The fourth-order valence-electron chi connectivity index (χ4n) is 2.10. The minimum Gasteiger partial charge on any atom is -0.490 e. The van der Waals surface area contributed by atoms with E-state index < -0.39 is 0 Å². The zero-order valence-corrected chi connectivity index (χ0v) is 14.7. The average Bonchev–Trinajstić information content (AvgIpc) is 2.61. The Morgan fingerprint density at radius 3 is 2.50 bits per heavy atom. The smallest absolute Gasteiger partial charge is 0.270 e. The van der Waals surface area contributed by atoms with Crippen LogP contribution in [0.25, 0.3) is 0 Å². The van der Waals surface area contributed by atoms with Gasteiger partial charge in [0, 0.05) is 21.9 Å². The molecule has 1 heterocycles. The molecular weight excluding hydrogens is 324 g/mol. The number of benzene rings is 2. The first-order chi connectivity index (χ1) is 11.7. The maximum atomic E-state index is 10.9. The van der Waals surface area contributed by atoms with Gasteiger partial charge in [-0.15, -0.1) is 0 Å². The van der Waals surface area contributed by atoms with Gasteiger partial charge in [0.05, 0.1) is 16.3 Å². The van der Waals surface area contributed by atoms with E-state index >= 15 is 0 Å². The summed E-state index contributed by atoms with van der Waals surface area (Å²) in [6.45, 7) is 6.47. The number of anilines is 2. The summed E-state index contributed by atoms with van der Waals surface area (Å²) in [5.74, 6) is 0.778. The van der Waals surface area contributed by atoms with Crippen LogP contribution < -0.4 is 10.1 Å². The molecule has 24 heavy (non-hydrogen) atoms. The van der Waals surface area contributed by atoms with Crippen molar-refractivity contribution in [3.8, 4) is 5.75 Å². The second kappa shape index (κ2) is 8.40. The molecule has 5 nitrogen and oxygen atoms in total. The average molecular weight is 344 g/mol. The predicted octanol–water partition coefficient (Wildman–Crippen LogP) is 5.78. The fraction of sp³-hybridized carbons (Fsp3) is 0.222. The van der Waals surface area contributed by atoms with Gasteiger partial charge in [-0.1, -0.05) is 37.8 Å². The molecule has 0 saturated heterocycles. The van der Waals surface area contributed by atoms with E-state index in [2.05, 4.69) is 5.32 Å². The minimum absolute atomic E-state index is 0.0944. The summed E-state index contributed by atoms with van der Waals surface area (Å²) in [5.41, 5.74) is 1.95. The topological polar surface area (TPSA) is 64.4 Å². The summed E-state index contributed by atoms with van der Waals surface area (Å²) in [6.07, 6.45) is 3.87. The third-order valence-electron chi connectivity index (χ3n) is 3.20. The summed E-state index contributed by atoms with van der Waals surface area (Å²) >= 11 is 1.50. The highest BCUT2D eigenvalue weighted by atomic mass is 32.2. The Balaban J connectivity index is 0.00000100. The van der Waals surface area contributed by atoms with E-state index in [1.54, 1.807) is 12.1 Å². The first kappa shape index (κ1) is 17.9. The molecule has 3 rings (SSSR count). The lowest BCUT2D eigenvalue weighted by molar-refractivity contribution is -0.385. The third-order valence-corrected chi connectivity index (χ3v) is 4.32. The summed E-state index contributed by atoms with van der Waals surface area (Å²) in [7, 11) is 0. The van der Waals surface area contributed by atoms with Crippen LogP contribution in [0.15, 0.2) is 58.3 Å². The highest BCUT2D eigenvalue weighted by Crippen LogP contribution is 2.46. The molecule has 0 aromatic heterocycles. The maximum absolute atomic E-state index is 10.9. The molecule has 0 amide bonds. The van der Waals surface area contributed by atoms with Crippen LogP contribution in [0.2, 0.25) is 0 Å². The molecule has 2 aromatic rings. The molecule has 1 aliphatic rings. The molecule has 0 radical (unpaired) electrons. The largest absolute Gasteiger partial charge is 0.490 e. The normalized spacial score (nSPS) is 11.6. The standard InChI is InChI=1S/C16H14N2O3S.C2H6/c1-2-3-8-21-12-5-7-14-16(10-12)22-15-9-11(18(19)20)4-6-13(15)17-14;1-2/h2-7,9-10,17H,8H2,1H3;1-2H3/b3-2+;. The molecular formula is C18H20N2O3S. The van der Waals surface area contributed by atoms with Crippen molar-refractivity contribution >= 4 is 28.8 Å². The first-order valence-electron chi connectivity index (χ1n) is 7.78. The second-order valence-corrected chi connectivity index (χ2v) is 5.79. The number of nitrogens with one attached hydrogen (secondary N) is 1. The molecule has 0 fully saturated rings. The monoisotopic (exact) mass is 344 g/mol. The number of nitro benzene ring substituents is 1. The third kappa shape index (κ3) is 4.08. The van der Waals surface area contributed by atoms with Gasteiger partial charge in [-0.3, -0.25) is 10.1 Å². The number of non-ortho nitro benzene ring substituents is 1. The number of fused-ring (bicyclic) bond motifs is 2. The Bertz CT molecular complexity index is 760. The van der Waals surface area contributed by atoms with E-state index in [0.717, 1.165) is 26.9 Å². The van der Waals surface area contributed by atoms with Crippen molar-refractivity contribution in [1.82, 2.24) is 0 Å². The number of hydrogen-bond donors (Lipinski definition) is 1. The van der Waals surface area contributed by atoms with Crippen LogP contribution >= 0.6 is 11.8 Å². The lowest BCUT2D eigenvalue weighted by atomic mass is 10.2. The number of nitro groups is 1. The minimum atomic E-state index is -0.382. The number of hydrogen-bond acceptors (Lipinski definition) is 5. The van der Waals surface area contributed by atoms with Gasteiger partial charge < -0.3 is 10.1 Å². The quantitative estimate of drug-likeness (QED) is 0.369. The highest BCUT2D eigenvalue weighted by molar-refractivity contribution is 7.99. The van der Waals surface area contributed by atoms with Crippen molar-refractivity contribution < 1.29 is 9.66 Å². The molecule has 2 aromatic carbocycles. The summed E-state index contributed by atoms with van der Waals surface area (Å²) < 4.78 is 5.63. The van der Waals surface area contributed by atoms with Crippen LogP contribution in [-0.2, 0) is 0 Å². The zero-order chi connectivity index (χ0) is 17.5. The lowest BCUT2D eigenvalue weighted by Crippen LogP contribution is -2.01. The molecule has 1 N–H and O–H groups in total. The van der Waals surface area contributed by atoms with Crippen LogP contribution in [-0.4, -0.2) is 11.5 Å². The molecule has 6 heteroatoms. The second-order valence-electron chi connectivity index (χ2n) is 4.70. The van der Waals surface area contributed by atoms with Crippen LogP contribution in [0.1, 0.15) is 20.8 Å². The molecule has 126 valence electrons.